The van der Waals surface area contributed by atoms with Gasteiger partial charge in [-0.1, -0.05) is 26.0 Å². The summed E-state index contributed by atoms with van der Waals surface area (Å²) in [7, 11) is 0. The largest absolute Gasteiger partial charge is 0.492 e. The van der Waals surface area contributed by atoms with Crippen LogP contribution in [0.2, 0.25) is 0 Å². The molecule has 1 fully saturated rings. The first-order valence-electron chi connectivity index (χ1n) is 6.15. The Morgan fingerprint density at radius 1 is 1.25 bits per heavy atom. The van der Waals surface area contributed by atoms with Crippen LogP contribution < -0.4 is 10.5 Å². The maximum atomic E-state index is 5.98. The van der Waals surface area contributed by atoms with Gasteiger partial charge in [0.05, 0.1) is 0 Å². The van der Waals surface area contributed by atoms with Crippen LogP contribution in [0.5, 0.6) is 5.75 Å². The van der Waals surface area contributed by atoms with E-state index in [4.69, 9.17) is 10.5 Å². The quantitative estimate of drug-likeness (QED) is 0.826. The highest BCUT2D eigenvalue weighted by atomic mass is 16.5. The molecule has 0 saturated heterocycles. The van der Waals surface area contributed by atoms with Crippen molar-refractivity contribution < 1.29 is 4.74 Å². The van der Waals surface area contributed by atoms with Crippen LogP contribution in [-0.4, -0.2) is 12.6 Å². The lowest BCUT2D eigenvalue weighted by atomic mass is 10.0. The number of nitrogens with two attached hydrogens (primary N) is 1. The number of benzene rings is 1. The van der Waals surface area contributed by atoms with Crippen molar-refractivity contribution in [2.24, 2.45) is 11.7 Å². The Labute approximate surface area is 97.8 Å². The summed E-state index contributed by atoms with van der Waals surface area (Å²) in [5.41, 5.74) is 7.33. The molecule has 1 aliphatic carbocycles. The molecule has 0 aliphatic heterocycles. The van der Waals surface area contributed by atoms with Crippen molar-refractivity contribution in [3.63, 3.8) is 0 Å². The SMILES string of the molecule is CC(C)c1ccc(OCC(N)C2CC2)cc1. The minimum absolute atomic E-state index is 0.213. The van der Waals surface area contributed by atoms with Crippen LogP contribution in [0.4, 0.5) is 0 Å². The maximum absolute atomic E-state index is 5.98. The van der Waals surface area contributed by atoms with E-state index in [1.807, 2.05) is 12.1 Å². The first-order chi connectivity index (χ1) is 7.66. The molecule has 2 nitrogen and oxygen atoms in total. The average molecular weight is 219 g/mol. The van der Waals surface area contributed by atoms with Gasteiger partial charge in [-0.15, -0.1) is 0 Å². The summed E-state index contributed by atoms with van der Waals surface area (Å²) in [6, 6.07) is 8.54. The lowest BCUT2D eigenvalue weighted by Gasteiger charge is -2.13. The van der Waals surface area contributed by atoms with E-state index in [9.17, 15) is 0 Å². The van der Waals surface area contributed by atoms with E-state index >= 15 is 0 Å². The zero-order valence-corrected chi connectivity index (χ0v) is 10.1. The minimum atomic E-state index is 0.213. The molecule has 1 unspecified atom stereocenters. The van der Waals surface area contributed by atoms with Gasteiger partial charge in [0.15, 0.2) is 0 Å². The summed E-state index contributed by atoms with van der Waals surface area (Å²) < 4.78 is 5.68. The number of rotatable bonds is 5. The molecule has 0 spiro atoms. The summed E-state index contributed by atoms with van der Waals surface area (Å²) in [6.45, 7) is 5.03. The van der Waals surface area contributed by atoms with Crippen LogP contribution >= 0.6 is 0 Å². The molecule has 1 aliphatic rings. The predicted octanol–water partition coefficient (Wildman–Crippen LogP) is 2.93. The molecule has 88 valence electrons. The van der Waals surface area contributed by atoms with E-state index in [1.54, 1.807) is 0 Å². The normalized spacial score (nSPS) is 17.5. The van der Waals surface area contributed by atoms with E-state index in [0.717, 1.165) is 5.75 Å². The highest BCUT2D eigenvalue weighted by Crippen LogP contribution is 2.31. The average Bonchev–Trinajstić information content (AvgIpc) is 3.10. The van der Waals surface area contributed by atoms with Gasteiger partial charge in [-0.3, -0.25) is 0 Å². The van der Waals surface area contributed by atoms with Crippen LogP contribution in [-0.2, 0) is 0 Å². The molecule has 0 aromatic heterocycles. The topological polar surface area (TPSA) is 35.2 Å². The van der Waals surface area contributed by atoms with Crippen LogP contribution in [0.3, 0.4) is 0 Å². The lowest BCUT2D eigenvalue weighted by Crippen LogP contribution is -2.29. The van der Waals surface area contributed by atoms with Gasteiger partial charge in [-0.25, -0.2) is 0 Å². The smallest absolute Gasteiger partial charge is 0.119 e. The molecule has 1 atom stereocenters. The minimum Gasteiger partial charge on any atom is -0.492 e. The number of hydrogen-bond donors (Lipinski definition) is 1. The molecule has 0 amide bonds. The summed E-state index contributed by atoms with van der Waals surface area (Å²) in [5, 5.41) is 0. The molecule has 0 radical (unpaired) electrons. The number of hydrogen-bond acceptors (Lipinski definition) is 2. The molecule has 0 bridgehead atoms. The van der Waals surface area contributed by atoms with Crippen molar-refractivity contribution in [2.45, 2.75) is 38.6 Å². The Balaban J connectivity index is 1.84. The second-order valence-corrected chi connectivity index (χ2v) is 5.04. The van der Waals surface area contributed by atoms with Gasteiger partial charge in [0.2, 0.25) is 0 Å². The maximum Gasteiger partial charge on any atom is 0.119 e. The standard InChI is InChI=1S/C14H21NO/c1-10(2)11-5-7-13(8-6-11)16-9-14(15)12-3-4-12/h5-8,10,12,14H,3-4,9,15H2,1-2H3. The second kappa shape index (κ2) is 4.88. The van der Waals surface area contributed by atoms with Gasteiger partial charge in [-0.05, 0) is 42.4 Å². The van der Waals surface area contributed by atoms with Gasteiger partial charge < -0.3 is 10.5 Å². The Morgan fingerprint density at radius 3 is 2.38 bits per heavy atom. The van der Waals surface area contributed by atoms with Crippen molar-refractivity contribution in [3.05, 3.63) is 29.8 Å². The fraction of sp³-hybridized carbons (Fsp3) is 0.571. The summed E-state index contributed by atoms with van der Waals surface area (Å²) in [6.07, 6.45) is 2.55. The molecule has 0 heterocycles. The molecular formula is C14H21NO. The molecule has 1 aromatic rings. The highest BCUT2D eigenvalue weighted by molar-refractivity contribution is 5.28. The van der Waals surface area contributed by atoms with E-state index < -0.39 is 0 Å². The fourth-order valence-corrected chi connectivity index (χ4v) is 1.80. The molecule has 1 saturated carbocycles. The van der Waals surface area contributed by atoms with Gasteiger partial charge in [0, 0.05) is 6.04 Å². The molecule has 2 N–H and O–H groups in total. The van der Waals surface area contributed by atoms with Gasteiger partial charge in [0.25, 0.3) is 0 Å². The molecule has 2 rings (SSSR count). The van der Waals surface area contributed by atoms with Crippen molar-refractivity contribution in [3.8, 4) is 5.75 Å². The third-order valence-corrected chi connectivity index (χ3v) is 3.22. The molecule has 2 heteroatoms. The monoisotopic (exact) mass is 219 g/mol. The first kappa shape index (κ1) is 11.5. The van der Waals surface area contributed by atoms with Crippen LogP contribution in [0, 0.1) is 5.92 Å². The molecule has 1 aromatic carbocycles. The Bertz CT molecular complexity index is 327. The Morgan fingerprint density at radius 2 is 1.88 bits per heavy atom. The zero-order chi connectivity index (χ0) is 11.5. The van der Waals surface area contributed by atoms with Crippen molar-refractivity contribution in [1.82, 2.24) is 0 Å². The zero-order valence-electron chi connectivity index (χ0n) is 10.1. The Hall–Kier alpha value is -1.02. The van der Waals surface area contributed by atoms with Crippen LogP contribution in [0.1, 0.15) is 38.2 Å². The van der Waals surface area contributed by atoms with E-state index in [1.165, 1.54) is 18.4 Å². The van der Waals surface area contributed by atoms with Crippen molar-refractivity contribution in [1.29, 1.82) is 0 Å². The van der Waals surface area contributed by atoms with Gasteiger partial charge in [0.1, 0.15) is 12.4 Å². The number of ether oxygens (including phenoxy) is 1. The first-order valence-corrected chi connectivity index (χ1v) is 6.15. The van der Waals surface area contributed by atoms with E-state index in [2.05, 4.69) is 26.0 Å². The summed E-state index contributed by atoms with van der Waals surface area (Å²) >= 11 is 0. The fourth-order valence-electron chi connectivity index (χ4n) is 1.80. The molecule has 16 heavy (non-hydrogen) atoms. The highest BCUT2D eigenvalue weighted by Gasteiger charge is 2.28. The van der Waals surface area contributed by atoms with E-state index in [-0.39, 0.29) is 6.04 Å². The van der Waals surface area contributed by atoms with Crippen LogP contribution in [0.15, 0.2) is 24.3 Å². The lowest BCUT2D eigenvalue weighted by molar-refractivity contribution is 0.276. The van der Waals surface area contributed by atoms with Crippen LogP contribution in [0.25, 0.3) is 0 Å². The Kier molecular flexibility index (Phi) is 3.49. The predicted molar refractivity (Wildman–Crippen MR) is 66.7 cm³/mol. The third kappa shape index (κ3) is 2.99. The summed E-state index contributed by atoms with van der Waals surface area (Å²) in [4.78, 5) is 0. The second-order valence-electron chi connectivity index (χ2n) is 5.04. The molecular weight excluding hydrogens is 198 g/mol. The van der Waals surface area contributed by atoms with Crippen molar-refractivity contribution in [2.75, 3.05) is 6.61 Å². The van der Waals surface area contributed by atoms with E-state index in [0.29, 0.717) is 18.4 Å². The van der Waals surface area contributed by atoms with Gasteiger partial charge in [-0.2, -0.15) is 0 Å². The van der Waals surface area contributed by atoms with Crippen molar-refractivity contribution >= 4 is 0 Å². The third-order valence-electron chi connectivity index (χ3n) is 3.22. The van der Waals surface area contributed by atoms with Gasteiger partial charge >= 0.3 is 0 Å². The summed E-state index contributed by atoms with van der Waals surface area (Å²) in [5.74, 6) is 2.21.